The Balaban J connectivity index is 1.67. The first kappa shape index (κ1) is 22.9. The molecule has 1 amide bonds. The van der Waals surface area contributed by atoms with Crippen molar-refractivity contribution in [2.24, 2.45) is 11.8 Å². The fourth-order valence-corrected chi connectivity index (χ4v) is 3.89. The van der Waals surface area contributed by atoms with Crippen molar-refractivity contribution in [3.05, 3.63) is 52.5 Å². The maximum Gasteiger partial charge on any atom is 0.254 e. The molecule has 6 nitrogen and oxygen atoms in total. The first-order valence-corrected chi connectivity index (χ1v) is 10.8. The van der Waals surface area contributed by atoms with E-state index < -0.39 is 0 Å². The van der Waals surface area contributed by atoms with E-state index in [9.17, 15) is 14.7 Å². The van der Waals surface area contributed by atoms with Gasteiger partial charge >= 0.3 is 0 Å². The number of benzene rings is 2. The zero-order valence-corrected chi connectivity index (χ0v) is 18.8. The lowest BCUT2D eigenvalue weighted by atomic mass is 9.88. The molecule has 0 atom stereocenters. The second-order valence-electron chi connectivity index (χ2n) is 8.17. The molecule has 1 aliphatic heterocycles. The number of carbonyl (C=O) groups is 2. The third-order valence-electron chi connectivity index (χ3n) is 5.34. The molecule has 3 rings (SSSR count). The Hall–Kier alpha value is -2.73. The summed E-state index contributed by atoms with van der Waals surface area (Å²) in [5.74, 6) is 1.08. The van der Waals surface area contributed by atoms with Gasteiger partial charge < -0.3 is 19.5 Å². The fourth-order valence-electron chi connectivity index (χ4n) is 3.62. The Bertz CT molecular complexity index is 934. The van der Waals surface area contributed by atoms with E-state index in [1.807, 2.05) is 13.8 Å². The molecule has 0 aliphatic carbocycles. The normalized spacial score (nSPS) is 14.5. The van der Waals surface area contributed by atoms with Crippen LogP contribution in [0, 0.1) is 11.8 Å². The van der Waals surface area contributed by atoms with Crippen LogP contribution < -0.4 is 9.47 Å². The number of phenolic OH excluding ortho intramolecular Hbond substituents is 1. The predicted molar refractivity (Wildman–Crippen MR) is 119 cm³/mol. The number of ether oxygens (including phenoxy) is 2. The zero-order valence-electron chi connectivity index (χ0n) is 18.1. The lowest BCUT2D eigenvalue weighted by Gasteiger charge is -2.31. The van der Waals surface area contributed by atoms with Crippen LogP contribution in [-0.2, 0) is 0 Å². The largest absolute Gasteiger partial charge is 0.508 e. The Morgan fingerprint density at radius 3 is 2.35 bits per heavy atom. The number of rotatable bonds is 7. The summed E-state index contributed by atoms with van der Waals surface area (Å²) < 4.78 is 11.2. The molecule has 0 radical (unpaired) electrons. The van der Waals surface area contributed by atoms with Crippen molar-refractivity contribution in [2.45, 2.75) is 26.7 Å². The van der Waals surface area contributed by atoms with Crippen LogP contribution in [0.5, 0.6) is 17.2 Å². The maximum atomic E-state index is 13.0. The molecule has 1 N–H and O–H groups in total. The minimum Gasteiger partial charge on any atom is -0.508 e. The number of phenols is 1. The number of carbonyl (C=O) groups excluding carboxylic acids is 2. The Kier molecular flexibility index (Phi) is 7.44. The first-order valence-electron chi connectivity index (χ1n) is 10.4. The van der Waals surface area contributed by atoms with Gasteiger partial charge in [-0.2, -0.15) is 0 Å². The van der Waals surface area contributed by atoms with Gasteiger partial charge in [-0.3, -0.25) is 9.59 Å². The maximum absolute atomic E-state index is 13.0. The number of piperidine rings is 1. The van der Waals surface area contributed by atoms with E-state index >= 15 is 0 Å². The lowest BCUT2D eigenvalue weighted by Crippen LogP contribution is -2.40. The third-order valence-corrected chi connectivity index (χ3v) is 5.62. The summed E-state index contributed by atoms with van der Waals surface area (Å²) >= 11 is 6.39. The number of halogens is 1. The molecule has 0 aromatic heterocycles. The van der Waals surface area contributed by atoms with Crippen LogP contribution in [0.4, 0.5) is 0 Å². The SMILES string of the molecule is COc1cc(C(=O)N2CCC(C(=O)c3ccc(O)cc3)CC2)cc(Cl)c1OCC(C)C. The van der Waals surface area contributed by atoms with Crippen LogP contribution in [0.25, 0.3) is 0 Å². The van der Waals surface area contributed by atoms with Crippen LogP contribution in [-0.4, -0.2) is 48.5 Å². The van der Waals surface area contributed by atoms with Crippen LogP contribution >= 0.6 is 11.6 Å². The molecule has 0 unspecified atom stereocenters. The lowest BCUT2D eigenvalue weighted by molar-refractivity contribution is 0.0650. The summed E-state index contributed by atoms with van der Waals surface area (Å²) in [6.45, 7) is 5.53. The van der Waals surface area contributed by atoms with Gasteiger partial charge in [0, 0.05) is 30.1 Å². The summed E-state index contributed by atoms with van der Waals surface area (Å²) in [6, 6.07) is 9.54. The van der Waals surface area contributed by atoms with E-state index in [0.717, 1.165) is 0 Å². The van der Waals surface area contributed by atoms with Gasteiger partial charge in [0.25, 0.3) is 5.91 Å². The number of Topliss-reactive ketones (excluding diaryl/α,β-unsaturated/α-hetero) is 1. The van der Waals surface area contributed by atoms with Crippen molar-refractivity contribution in [3.8, 4) is 17.2 Å². The van der Waals surface area contributed by atoms with Crippen molar-refractivity contribution < 1.29 is 24.2 Å². The molecule has 1 heterocycles. The number of ketones is 1. The highest BCUT2D eigenvalue weighted by atomic mass is 35.5. The molecule has 7 heteroatoms. The van der Waals surface area contributed by atoms with Crippen molar-refractivity contribution in [2.75, 3.05) is 26.8 Å². The van der Waals surface area contributed by atoms with Crippen molar-refractivity contribution >= 4 is 23.3 Å². The van der Waals surface area contributed by atoms with E-state index in [0.29, 0.717) is 66.1 Å². The second kappa shape index (κ2) is 10.1. The van der Waals surface area contributed by atoms with Crippen LogP contribution in [0.3, 0.4) is 0 Å². The smallest absolute Gasteiger partial charge is 0.254 e. The molecular formula is C24H28ClNO5. The van der Waals surface area contributed by atoms with Gasteiger partial charge in [-0.05, 0) is 55.2 Å². The molecule has 166 valence electrons. The third kappa shape index (κ3) is 5.50. The summed E-state index contributed by atoms with van der Waals surface area (Å²) in [4.78, 5) is 27.5. The highest BCUT2D eigenvalue weighted by molar-refractivity contribution is 6.32. The molecule has 0 saturated carbocycles. The van der Waals surface area contributed by atoms with Gasteiger partial charge in [-0.15, -0.1) is 0 Å². The standard InChI is InChI=1S/C24H28ClNO5/c1-15(2)14-31-23-20(25)12-18(13-21(23)30-3)24(29)26-10-8-17(9-11-26)22(28)16-4-6-19(27)7-5-16/h4-7,12-13,15,17,27H,8-11,14H2,1-3H3. The van der Waals surface area contributed by atoms with Crippen LogP contribution in [0.1, 0.15) is 47.4 Å². The fraction of sp³-hybridized carbons (Fsp3) is 0.417. The van der Waals surface area contributed by atoms with Gasteiger partial charge in [0.15, 0.2) is 17.3 Å². The summed E-state index contributed by atoms with van der Waals surface area (Å²) in [5.41, 5.74) is 1.01. The van der Waals surface area contributed by atoms with Crippen LogP contribution in [0.15, 0.2) is 36.4 Å². The van der Waals surface area contributed by atoms with E-state index in [1.54, 1.807) is 29.2 Å². The second-order valence-corrected chi connectivity index (χ2v) is 8.58. The molecule has 2 aromatic rings. The minimum absolute atomic E-state index is 0.0449. The predicted octanol–water partition coefficient (Wildman–Crippen LogP) is 4.82. The molecular weight excluding hydrogens is 418 g/mol. The molecule has 2 aromatic carbocycles. The molecule has 0 bridgehead atoms. The minimum atomic E-state index is -0.147. The molecule has 0 spiro atoms. The van der Waals surface area contributed by atoms with Gasteiger partial charge in [0.1, 0.15) is 5.75 Å². The Morgan fingerprint density at radius 2 is 1.77 bits per heavy atom. The number of nitrogens with zero attached hydrogens (tertiary/aromatic N) is 1. The van der Waals surface area contributed by atoms with Gasteiger partial charge in [0.05, 0.1) is 18.7 Å². The van der Waals surface area contributed by atoms with Crippen molar-refractivity contribution in [1.82, 2.24) is 4.90 Å². The average molecular weight is 446 g/mol. The first-order chi connectivity index (χ1) is 14.8. The summed E-state index contributed by atoms with van der Waals surface area (Å²) in [7, 11) is 1.52. The van der Waals surface area contributed by atoms with Crippen molar-refractivity contribution in [3.63, 3.8) is 0 Å². The van der Waals surface area contributed by atoms with E-state index in [2.05, 4.69) is 0 Å². The van der Waals surface area contributed by atoms with Crippen LogP contribution in [0.2, 0.25) is 5.02 Å². The number of methoxy groups -OCH3 is 1. The molecule has 1 saturated heterocycles. The number of amides is 1. The summed E-state index contributed by atoms with van der Waals surface area (Å²) in [6.07, 6.45) is 1.18. The van der Waals surface area contributed by atoms with Gasteiger partial charge in [0.2, 0.25) is 0 Å². The van der Waals surface area contributed by atoms with E-state index in [1.165, 1.54) is 19.2 Å². The quantitative estimate of drug-likeness (QED) is 0.618. The van der Waals surface area contributed by atoms with Gasteiger partial charge in [-0.1, -0.05) is 25.4 Å². The number of likely N-dealkylation sites (tertiary alicyclic amines) is 1. The highest BCUT2D eigenvalue weighted by Gasteiger charge is 2.29. The topological polar surface area (TPSA) is 76.1 Å². The molecule has 31 heavy (non-hydrogen) atoms. The number of hydrogen-bond acceptors (Lipinski definition) is 5. The van der Waals surface area contributed by atoms with E-state index in [-0.39, 0.29) is 23.4 Å². The number of aromatic hydroxyl groups is 1. The Morgan fingerprint density at radius 1 is 1.13 bits per heavy atom. The average Bonchev–Trinajstić information content (AvgIpc) is 2.77. The van der Waals surface area contributed by atoms with E-state index in [4.69, 9.17) is 21.1 Å². The van der Waals surface area contributed by atoms with Crippen molar-refractivity contribution in [1.29, 1.82) is 0 Å². The summed E-state index contributed by atoms with van der Waals surface area (Å²) in [5, 5.41) is 9.73. The Labute approximate surface area is 187 Å². The highest BCUT2D eigenvalue weighted by Crippen LogP contribution is 2.37. The zero-order chi connectivity index (χ0) is 22.5. The molecule has 1 fully saturated rings. The monoisotopic (exact) mass is 445 g/mol. The molecule has 1 aliphatic rings. The number of hydrogen-bond donors (Lipinski definition) is 1. The van der Waals surface area contributed by atoms with Gasteiger partial charge in [-0.25, -0.2) is 0 Å².